The van der Waals surface area contributed by atoms with Crippen LogP contribution in [0.4, 0.5) is 0 Å². The molecule has 1 N–H and O–H groups in total. The number of carbonyl (C=O) groups excluding carboxylic acids is 1. The van der Waals surface area contributed by atoms with Crippen LogP contribution in [0.3, 0.4) is 0 Å². The third-order valence-corrected chi connectivity index (χ3v) is 7.70. The van der Waals surface area contributed by atoms with Crippen LogP contribution in [0, 0.1) is 5.92 Å². The van der Waals surface area contributed by atoms with E-state index in [-0.39, 0.29) is 22.4 Å². The van der Waals surface area contributed by atoms with Gasteiger partial charge in [0, 0.05) is 23.2 Å². The summed E-state index contributed by atoms with van der Waals surface area (Å²) in [4.78, 5) is 12.0. The Morgan fingerprint density at radius 1 is 1.22 bits per heavy atom. The number of rotatable bonds is 8. The first kappa shape index (κ1) is 20.8. The monoisotopic (exact) mass is 347 g/mol. The normalized spacial score (nSPS) is 26.5. The summed E-state index contributed by atoms with van der Waals surface area (Å²) in [6.07, 6.45) is 1.43. The van der Waals surface area contributed by atoms with E-state index in [4.69, 9.17) is 9.47 Å². The average Bonchev–Trinajstić information content (AvgIpc) is 2.80. The molecule has 23 heavy (non-hydrogen) atoms. The van der Waals surface area contributed by atoms with Gasteiger partial charge in [0.2, 0.25) is 5.44 Å². The molecule has 0 amide bonds. The Hall–Kier alpha value is -0.260. The number of ether oxygens (including phenoxy) is 2. The van der Waals surface area contributed by atoms with Gasteiger partial charge in [0.1, 0.15) is 10.5 Å². The minimum absolute atomic E-state index is 0.0655. The molecule has 1 saturated carbocycles. The molecule has 0 aromatic heterocycles. The standard InChI is InChI=1S/C18H35O4S/c1-8-21-17(19)18(20)10-9-15(11-18)22-16(12(2)3)23(13(4)5)14(6)7/h12-16,20H,8-11H2,1-7H3/q+1/t15?,16-,18?/m0/s1. The van der Waals surface area contributed by atoms with E-state index in [1.165, 1.54) is 0 Å². The van der Waals surface area contributed by atoms with E-state index in [9.17, 15) is 9.90 Å². The highest BCUT2D eigenvalue weighted by Crippen LogP contribution is 2.36. The van der Waals surface area contributed by atoms with E-state index < -0.39 is 11.6 Å². The lowest BCUT2D eigenvalue weighted by Crippen LogP contribution is -2.43. The number of carbonyl (C=O) groups is 1. The van der Waals surface area contributed by atoms with Crippen LogP contribution >= 0.6 is 0 Å². The summed E-state index contributed by atoms with van der Waals surface area (Å²) in [5, 5.41) is 11.6. The van der Waals surface area contributed by atoms with Gasteiger partial charge in [0.05, 0.1) is 12.7 Å². The maximum absolute atomic E-state index is 12.0. The van der Waals surface area contributed by atoms with Crippen molar-refractivity contribution < 1.29 is 19.4 Å². The van der Waals surface area contributed by atoms with Crippen molar-refractivity contribution >= 4 is 16.9 Å². The van der Waals surface area contributed by atoms with Crippen molar-refractivity contribution in [1.29, 1.82) is 0 Å². The first-order chi connectivity index (χ1) is 10.6. The molecule has 1 aliphatic carbocycles. The van der Waals surface area contributed by atoms with E-state index in [1.54, 1.807) is 6.92 Å². The average molecular weight is 348 g/mol. The molecule has 5 heteroatoms. The number of aliphatic hydroxyl groups is 1. The molecular formula is C18H35O4S+. The first-order valence-electron chi connectivity index (χ1n) is 8.88. The number of hydrogen-bond acceptors (Lipinski definition) is 4. The number of esters is 1. The minimum atomic E-state index is -1.36. The first-order valence-corrected chi connectivity index (χ1v) is 10.3. The molecule has 1 rings (SSSR count). The van der Waals surface area contributed by atoms with Crippen LogP contribution < -0.4 is 0 Å². The van der Waals surface area contributed by atoms with E-state index in [1.807, 2.05) is 0 Å². The molecule has 3 atom stereocenters. The van der Waals surface area contributed by atoms with Crippen molar-refractivity contribution in [1.82, 2.24) is 0 Å². The van der Waals surface area contributed by atoms with Gasteiger partial charge in [0.15, 0.2) is 5.60 Å². The highest BCUT2D eigenvalue weighted by atomic mass is 32.2. The third-order valence-electron chi connectivity index (χ3n) is 4.33. The minimum Gasteiger partial charge on any atom is -0.464 e. The lowest BCUT2D eigenvalue weighted by Gasteiger charge is -2.30. The zero-order valence-electron chi connectivity index (χ0n) is 15.8. The lowest BCUT2D eigenvalue weighted by atomic mass is 10.0. The fraction of sp³-hybridized carbons (Fsp3) is 0.944. The summed E-state index contributed by atoms with van der Waals surface area (Å²) in [7, 11) is 0.149. The van der Waals surface area contributed by atoms with Crippen LogP contribution in [0.15, 0.2) is 0 Å². The maximum Gasteiger partial charge on any atom is 0.338 e. The van der Waals surface area contributed by atoms with Gasteiger partial charge in [-0.1, -0.05) is 13.8 Å². The second-order valence-corrected chi connectivity index (χ2v) is 10.5. The predicted octanol–water partition coefficient (Wildman–Crippen LogP) is 3.27. The largest absolute Gasteiger partial charge is 0.464 e. The van der Waals surface area contributed by atoms with Crippen molar-refractivity contribution in [2.45, 2.75) is 95.4 Å². The van der Waals surface area contributed by atoms with Gasteiger partial charge < -0.3 is 14.6 Å². The molecular weight excluding hydrogens is 312 g/mol. The fourth-order valence-corrected chi connectivity index (χ4v) is 6.43. The number of hydrogen-bond donors (Lipinski definition) is 1. The molecule has 4 nitrogen and oxygen atoms in total. The summed E-state index contributed by atoms with van der Waals surface area (Å²) in [6.45, 7) is 15.5. The maximum atomic E-state index is 12.0. The second kappa shape index (κ2) is 8.72. The Morgan fingerprint density at radius 2 is 1.78 bits per heavy atom. The molecule has 0 spiro atoms. The fourth-order valence-electron chi connectivity index (χ4n) is 3.35. The van der Waals surface area contributed by atoms with Crippen LogP contribution in [0.25, 0.3) is 0 Å². The van der Waals surface area contributed by atoms with Crippen molar-refractivity contribution in [3.05, 3.63) is 0 Å². The summed E-state index contributed by atoms with van der Waals surface area (Å²) < 4.78 is 11.4. The molecule has 0 aromatic carbocycles. The summed E-state index contributed by atoms with van der Waals surface area (Å²) in [5.41, 5.74) is -1.19. The molecule has 0 heterocycles. The van der Waals surface area contributed by atoms with Crippen molar-refractivity contribution in [2.75, 3.05) is 6.61 Å². The Balaban J connectivity index is 2.78. The molecule has 0 aromatic rings. The van der Waals surface area contributed by atoms with Crippen molar-refractivity contribution in [3.8, 4) is 0 Å². The van der Waals surface area contributed by atoms with E-state index >= 15 is 0 Å². The molecule has 1 aliphatic rings. The van der Waals surface area contributed by atoms with Crippen LogP contribution in [0.1, 0.15) is 67.7 Å². The van der Waals surface area contributed by atoms with Gasteiger partial charge in [-0.25, -0.2) is 4.79 Å². The zero-order chi connectivity index (χ0) is 17.8. The van der Waals surface area contributed by atoms with Crippen molar-refractivity contribution in [3.63, 3.8) is 0 Å². The van der Waals surface area contributed by atoms with E-state index in [2.05, 4.69) is 41.5 Å². The third kappa shape index (κ3) is 5.36. The van der Waals surface area contributed by atoms with Gasteiger partial charge in [-0.3, -0.25) is 0 Å². The Bertz CT molecular complexity index is 375. The van der Waals surface area contributed by atoms with Gasteiger partial charge in [-0.15, -0.1) is 0 Å². The lowest BCUT2D eigenvalue weighted by molar-refractivity contribution is -0.165. The highest BCUT2D eigenvalue weighted by Gasteiger charge is 2.48. The summed E-state index contributed by atoms with van der Waals surface area (Å²) in [5.74, 6) is -0.0849. The molecule has 0 aliphatic heterocycles. The smallest absolute Gasteiger partial charge is 0.338 e. The summed E-state index contributed by atoms with van der Waals surface area (Å²) >= 11 is 0. The van der Waals surface area contributed by atoms with Gasteiger partial charge in [-0.05, 0) is 47.5 Å². The predicted molar refractivity (Wildman–Crippen MR) is 96.6 cm³/mol. The zero-order valence-corrected chi connectivity index (χ0v) is 16.6. The van der Waals surface area contributed by atoms with Gasteiger partial charge >= 0.3 is 5.97 Å². The Morgan fingerprint density at radius 3 is 2.22 bits per heavy atom. The molecule has 1 fully saturated rings. The van der Waals surface area contributed by atoms with Gasteiger partial charge in [-0.2, -0.15) is 0 Å². The van der Waals surface area contributed by atoms with Gasteiger partial charge in [0.25, 0.3) is 0 Å². The quantitative estimate of drug-likeness (QED) is 0.541. The van der Waals surface area contributed by atoms with Crippen LogP contribution in [0.5, 0.6) is 0 Å². The topological polar surface area (TPSA) is 55.8 Å². The molecule has 0 bridgehead atoms. The molecule has 136 valence electrons. The van der Waals surface area contributed by atoms with Crippen LogP contribution in [-0.4, -0.2) is 45.3 Å². The summed E-state index contributed by atoms with van der Waals surface area (Å²) in [6, 6.07) is 0. The van der Waals surface area contributed by atoms with Crippen LogP contribution in [0.2, 0.25) is 0 Å². The highest BCUT2D eigenvalue weighted by molar-refractivity contribution is 7.98. The molecule has 0 radical (unpaired) electrons. The van der Waals surface area contributed by atoms with Crippen LogP contribution in [-0.2, 0) is 25.2 Å². The second-order valence-electron chi connectivity index (χ2n) is 7.37. The molecule has 2 unspecified atom stereocenters. The van der Waals surface area contributed by atoms with Crippen molar-refractivity contribution in [2.24, 2.45) is 5.92 Å². The van der Waals surface area contributed by atoms with E-state index in [0.29, 0.717) is 42.3 Å². The Labute approximate surface area is 144 Å². The van der Waals surface area contributed by atoms with E-state index in [0.717, 1.165) is 0 Å². The SMILES string of the molecule is CCOC(=O)C1(O)CCC(O[C@H](C(C)C)[S+](C(C)C)C(C)C)C1. The molecule has 0 saturated heterocycles. The Kier molecular flexibility index (Phi) is 7.88.